The third-order valence-corrected chi connectivity index (χ3v) is 5.88. The molecule has 35 heavy (non-hydrogen) atoms. The van der Waals surface area contributed by atoms with Crippen molar-refractivity contribution in [3.05, 3.63) is 101 Å². The number of ether oxygens (including phenoxy) is 1. The average Bonchev–Trinajstić information content (AvgIpc) is 2.87. The van der Waals surface area contributed by atoms with E-state index in [-0.39, 0.29) is 27.5 Å². The van der Waals surface area contributed by atoms with E-state index in [1.54, 1.807) is 18.2 Å². The monoisotopic (exact) mass is 486 g/mol. The van der Waals surface area contributed by atoms with E-state index in [4.69, 9.17) is 4.74 Å². The predicted octanol–water partition coefficient (Wildman–Crippen LogP) is 8.31. The quantitative estimate of drug-likeness (QED) is 0.108. The maximum atomic E-state index is 15.4. The largest absolute Gasteiger partial charge is 0.497 e. The van der Waals surface area contributed by atoms with Gasteiger partial charge in [0.05, 0.1) is 7.11 Å². The summed E-state index contributed by atoms with van der Waals surface area (Å²) < 4.78 is 107. The molecule has 0 aliphatic heterocycles. The second kappa shape index (κ2) is 8.30. The van der Waals surface area contributed by atoms with Gasteiger partial charge >= 0.3 is 0 Å². The van der Waals surface area contributed by atoms with Crippen LogP contribution < -0.4 is 4.74 Å². The molecule has 0 aliphatic rings. The van der Waals surface area contributed by atoms with Crippen molar-refractivity contribution in [2.24, 2.45) is 0 Å². The minimum atomic E-state index is -2.09. The summed E-state index contributed by atoms with van der Waals surface area (Å²) in [5, 5.41) is -0.961. The van der Waals surface area contributed by atoms with Gasteiger partial charge in [0.25, 0.3) is 0 Å². The van der Waals surface area contributed by atoms with Crippen molar-refractivity contribution < 1.29 is 35.5 Å². The highest BCUT2D eigenvalue weighted by atomic mass is 19.2. The lowest BCUT2D eigenvalue weighted by Crippen LogP contribution is -2.03. The zero-order chi connectivity index (χ0) is 25.0. The Hall–Kier alpha value is -4.07. The Balaban J connectivity index is 2.07. The molecule has 5 aromatic carbocycles. The van der Waals surface area contributed by atoms with Gasteiger partial charge < -0.3 is 4.74 Å². The van der Waals surface area contributed by atoms with Crippen LogP contribution in [0.5, 0.6) is 5.75 Å². The topological polar surface area (TPSA) is 9.23 Å². The Morgan fingerprint density at radius 3 is 1.43 bits per heavy atom. The first-order valence-corrected chi connectivity index (χ1v) is 10.2. The fourth-order valence-electron chi connectivity index (χ4n) is 4.35. The van der Waals surface area contributed by atoms with Crippen LogP contribution in [0.1, 0.15) is 0 Å². The summed E-state index contributed by atoms with van der Waals surface area (Å²) in [6.45, 7) is 0. The van der Waals surface area contributed by atoms with Crippen LogP contribution in [0.4, 0.5) is 30.7 Å². The molecule has 5 aromatic rings. The second-order valence-electron chi connectivity index (χ2n) is 7.78. The van der Waals surface area contributed by atoms with Gasteiger partial charge in [-0.15, -0.1) is 0 Å². The second-order valence-corrected chi connectivity index (χ2v) is 7.78. The number of fused-ring (bicyclic) bond motifs is 2. The van der Waals surface area contributed by atoms with Gasteiger partial charge in [0, 0.05) is 21.9 Å². The van der Waals surface area contributed by atoms with Crippen molar-refractivity contribution in [3.63, 3.8) is 0 Å². The summed E-state index contributed by atoms with van der Waals surface area (Å²) in [6, 6.07) is 13.4. The van der Waals surface area contributed by atoms with Gasteiger partial charge in [0.1, 0.15) is 5.75 Å². The summed E-state index contributed by atoms with van der Waals surface area (Å²) in [6.07, 6.45) is 0. The van der Waals surface area contributed by atoms with E-state index in [1.807, 2.05) is 0 Å². The van der Waals surface area contributed by atoms with Crippen molar-refractivity contribution in [3.8, 4) is 28.0 Å². The molecule has 0 aromatic heterocycles. The maximum absolute atomic E-state index is 15.4. The Labute approximate surface area is 194 Å². The molecule has 0 bridgehead atoms. The van der Waals surface area contributed by atoms with Crippen LogP contribution in [0.2, 0.25) is 0 Å². The first-order chi connectivity index (χ1) is 16.7. The van der Waals surface area contributed by atoms with E-state index in [0.717, 1.165) is 0 Å². The number of methoxy groups -OCH3 is 1. The smallest absolute Gasteiger partial charge is 0.198 e. The lowest BCUT2D eigenvalue weighted by Gasteiger charge is -2.19. The molecular formula is C27H13F7O. The van der Waals surface area contributed by atoms with Gasteiger partial charge in [-0.25, -0.2) is 30.7 Å². The Morgan fingerprint density at radius 2 is 0.971 bits per heavy atom. The maximum Gasteiger partial charge on any atom is 0.198 e. The molecule has 0 amide bonds. The highest BCUT2D eigenvalue weighted by Crippen LogP contribution is 2.47. The van der Waals surface area contributed by atoms with Gasteiger partial charge in [-0.3, -0.25) is 0 Å². The first-order valence-electron chi connectivity index (χ1n) is 10.2. The van der Waals surface area contributed by atoms with Crippen LogP contribution in [-0.4, -0.2) is 7.11 Å². The van der Waals surface area contributed by atoms with Crippen molar-refractivity contribution in [1.29, 1.82) is 0 Å². The summed E-state index contributed by atoms with van der Waals surface area (Å²) in [5.41, 5.74) is -0.353. The molecule has 0 N–H and O–H groups in total. The van der Waals surface area contributed by atoms with Crippen molar-refractivity contribution in [1.82, 2.24) is 0 Å². The zero-order valence-electron chi connectivity index (χ0n) is 17.8. The summed E-state index contributed by atoms with van der Waals surface area (Å²) >= 11 is 0. The highest BCUT2D eigenvalue weighted by molar-refractivity contribution is 6.21. The van der Waals surface area contributed by atoms with E-state index in [1.165, 1.54) is 37.4 Å². The summed E-state index contributed by atoms with van der Waals surface area (Å²) in [7, 11) is 1.43. The SMILES string of the molecule is COc1ccc(-c2c3ccccc3c(-c3cc(F)c(F)c(F)c3)c3c(F)c(F)c(F)c(F)c23)cc1. The lowest BCUT2D eigenvalue weighted by atomic mass is 9.85. The summed E-state index contributed by atoms with van der Waals surface area (Å²) in [5.74, 6) is -12.0. The number of benzene rings is 5. The Morgan fingerprint density at radius 1 is 0.514 bits per heavy atom. The van der Waals surface area contributed by atoms with Gasteiger partial charge in [-0.2, -0.15) is 0 Å². The van der Waals surface area contributed by atoms with Crippen LogP contribution in [0.3, 0.4) is 0 Å². The molecule has 176 valence electrons. The van der Waals surface area contributed by atoms with Crippen LogP contribution in [0, 0.1) is 40.7 Å². The predicted molar refractivity (Wildman–Crippen MR) is 119 cm³/mol. The van der Waals surface area contributed by atoms with Crippen LogP contribution in [0.25, 0.3) is 43.8 Å². The highest BCUT2D eigenvalue weighted by Gasteiger charge is 2.29. The molecule has 0 saturated carbocycles. The number of hydrogen-bond donors (Lipinski definition) is 0. The van der Waals surface area contributed by atoms with E-state index >= 15 is 8.78 Å². The van der Waals surface area contributed by atoms with Crippen LogP contribution >= 0.6 is 0 Å². The minimum absolute atomic E-state index is 0.0281. The standard InChI is InChI=1S/C27H13F7O/c1-35-14-8-6-12(7-9-14)19-15-4-2-3-5-16(15)20(13-10-17(28)23(30)18(29)11-13)22-21(19)24(31)26(33)27(34)25(22)32/h2-11H,1H3. The van der Waals surface area contributed by atoms with Crippen molar-refractivity contribution in [2.45, 2.75) is 0 Å². The van der Waals surface area contributed by atoms with E-state index in [9.17, 15) is 22.0 Å². The van der Waals surface area contributed by atoms with Gasteiger partial charge in [-0.05, 0) is 46.2 Å². The zero-order valence-corrected chi connectivity index (χ0v) is 17.8. The number of halogens is 7. The third kappa shape index (κ3) is 3.39. The van der Waals surface area contributed by atoms with Crippen LogP contribution in [0.15, 0.2) is 60.7 Å². The van der Waals surface area contributed by atoms with Gasteiger partial charge in [0.15, 0.2) is 40.7 Å². The lowest BCUT2D eigenvalue weighted by molar-refractivity contribution is 0.415. The number of hydrogen-bond acceptors (Lipinski definition) is 1. The fraction of sp³-hybridized carbons (Fsp3) is 0.0370. The number of rotatable bonds is 3. The van der Waals surface area contributed by atoms with E-state index in [0.29, 0.717) is 23.4 Å². The van der Waals surface area contributed by atoms with Gasteiger partial charge in [0.2, 0.25) is 0 Å². The Bertz CT molecular complexity index is 1620. The molecule has 0 fully saturated rings. The molecule has 0 aliphatic carbocycles. The van der Waals surface area contributed by atoms with E-state index < -0.39 is 51.5 Å². The fourth-order valence-corrected chi connectivity index (χ4v) is 4.35. The van der Waals surface area contributed by atoms with Crippen molar-refractivity contribution >= 4 is 21.5 Å². The van der Waals surface area contributed by atoms with Gasteiger partial charge in [-0.1, -0.05) is 36.4 Å². The third-order valence-electron chi connectivity index (χ3n) is 5.88. The normalized spacial score (nSPS) is 11.4. The molecule has 0 atom stereocenters. The van der Waals surface area contributed by atoms with Crippen LogP contribution in [-0.2, 0) is 0 Å². The average molecular weight is 486 g/mol. The van der Waals surface area contributed by atoms with Crippen molar-refractivity contribution in [2.75, 3.05) is 7.11 Å². The molecule has 8 heteroatoms. The molecule has 0 heterocycles. The summed E-state index contributed by atoms with van der Waals surface area (Å²) in [4.78, 5) is 0. The molecule has 0 radical (unpaired) electrons. The molecule has 1 nitrogen and oxygen atoms in total. The Kier molecular flexibility index (Phi) is 5.39. The molecular weight excluding hydrogens is 473 g/mol. The molecule has 5 rings (SSSR count). The molecule has 0 unspecified atom stereocenters. The molecule has 0 saturated heterocycles. The first kappa shape index (κ1) is 22.7. The molecule has 0 spiro atoms. The minimum Gasteiger partial charge on any atom is -0.497 e. The van der Waals surface area contributed by atoms with E-state index in [2.05, 4.69) is 0 Å².